The third kappa shape index (κ3) is 2.60. The molecule has 1 aliphatic heterocycles. The van der Waals surface area contributed by atoms with E-state index in [-0.39, 0.29) is 12.1 Å². The van der Waals surface area contributed by atoms with Gasteiger partial charge in [0.25, 0.3) is 0 Å². The molecule has 1 atom stereocenters. The molecule has 1 aromatic carbocycles. The summed E-state index contributed by atoms with van der Waals surface area (Å²) in [5, 5.41) is 8.24. The number of thiazole rings is 1. The Balaban J connectivity index is 1.68. The maximum atomic E-state index is 11.6. The summed E-state index contributed by atoms with van der Waals surface area (Å²) >= 11 is 1.60. The molecule has 1 aliphatic rings. The Morgan fingerprint density at radius 3 is 2.80 bits per heavy atom. The van der Waals surface area contributed by atoms with Gasteiger partial charge in [-0.3, -0.25) is 4.90 Å². The SMILES string of the molecule is CC(Nc1ccc(N2CCNC2=O)cc1)c1cscn1. The van der Waals surface area contributed by atoms with Crippen molar-refractivity contribution in [2.45, 2.75) is 13.0 Å². The molecule has 2 aromatic rings. The first-order valence-corrected chi connectivity index (χ1v) is 7.48. The third-order valence-corrected chi connectivity index (χ3v) is 3.92. The Kier molecular flexibility index (Phi) is 3.56. The first kappa shape index (κ1) is 12.9. The molecule has 1 fully saturated rings. The number of aromatic nitrogens is 1. The summed E-state index contributed by atoms with van der Waals surface area (Å²) in [4.78, 5) is 17.6. The van der Waals surface area contributed by atoms with Crippen LogP contribution in [-0.4, -0.2) is 24.1 Å². The zero-order valence-corrected chi connectivity index (χ0v) is 12.0. The van der Waals surface area contributed by atoms with Gasteiger partial charge < -0.3 is 10.6 Å². The van der Waals surface area contributed by atoms with Crippen LogP contribution in [0.4, 0.5) is 16.2 Å². The van der Waals surface area contributed by atoms with Crippen LogP contribution in [0.25, 0.3) is 0 Å². The zero-order valence-electron chi connectivity index (χ0n) is 11.2. The number of anilines is 2. The molecule has 0 radical (unpaired) electrons. The van der Waals surface area contributed by atoms with Crippen LogP contribution < -0.4 is 15.5 Å². The average Bonchev–Trinajstić information content (AvgIpc) is 3.11. The van der Waals surface area contributed by atoms with Gasteiger partial charge in [0, 0.05) is 29.8 Å². The minimum atomic E-state index is -0.0263. The number of hydrogen-bond donors (Lipinski definition) is 2. The highest BCUT2D eigenvalue weighted by molar-refractivity contribution is 7.07. The molecule has 1 aromatic heterocycles. The lowest BCUT2D eigenvalue weighted by Crippen LogP contribution is -2.27. The molecule has 0 saturated carbocycles. The summed E-state index contributed by atoms with van der Waals surface area (Å²) in [7, 11) is 0. The van der Waals surface area contributed by atoms with Crippen LogP contribution in [0.5, 0.6) is 0 Å². The number of amides is 2. The van der Waals surface area contributed by atoms with E-state index >= 15 is 0 Å². The summed E-state index contributed by atoms with van der Waals surface area (Å²) in [5.74, 6) is 0. The number of carbonyl (C=O) groups excluding carboxylic acids is 1. The summed E-state index contributed by atoms with van der Waals surface area (Å²) in [6, 6.07) is 8.04. The van der Waals surface area contributed by atoms with Gasteiger partial charge in [-0.1, -0.05) is 0 Å². The van der Waals surface area contributed by atoms with Gasteiger partial charge in [0.15, 0.2) is 0 Å². The van der Waals surface area contributed by atoms with E-state index in [1.54, 1.807) is 16.2 Å². The number of nitrogens with one attached hydrogen (secondary N) is 2. The van der Waals surface area contributed by atoms with Gasteiger partial charge in [-0.15, -0.1) is 11.3 Å². The summed E-state index contributed by atoms with van der Waals surface area (Å²) < 4.78 is 0. The Hall–Kier alpha value is -2.08. The number of benzene rings is 1. The topological polar surface area (TPSA) is 57.3 Å². The van der Waals surface area contributed by atoms with Crippen molar-refractivity contribution in [1.82, 2.24) is 10.3 Å². The van der Waals surface area contributed by atoms with Crippen molar-refractivity contribution in [2.75, 3.05) is 23.3 Å². The third-order valence-electron chi connectivity index (χ3n) is 3.31. The van der Waals surface area contributed by atoms with E-state index in [0.717, 1.165) is 23.6 Å². The predicted molar refractivity (Wildman–Crippen MR) is 81.3 cm³/mol. The lowest BCUT2D eigenvalue weighted by molar-refractivity contribution is 0.252. The van der Waals surface area contributed by atoms with E-state index in [1.165, 1.54) is 0 Å². The fraction of sp³-hybridized carbons (Fsp3) is 0.286. The Morgan fingerprint density at radius 1 is 1.40 bits per heavy atom. The molecule has 0 spiro atoms. The first-order chi connectivity index (χ1) is 9.74. The van der Waals surface area contributed by atoms with E-state index in [9.17, 15) is 4.79 Å². The van der Waals surface area contributed by atoms with Crippen molar-refractivity contribution in [2.24, 2.45) is 0 Å². The number of nitrogens with zero attached hydrogens (tertiary/aromatic N) is 2. The lowest BCUT2D eigenvalue weighted by Gasteiger charge is -2.16. The number of rotatable bonds is 4. The normalized spacial score (nSPS) is 16.1. The Morgan fingerprint density at radius 2 is 2.20 bits per heavy atom. The minimum Gasteiger partial charge on any atom is -0.377 e. The first-order valence-electron chi connectivity index (χ1n) is 6.54. The predicted octanol–water partition coefficient (Wildman–Crippen LogP) is 2.85. The van der Waals surface area contributed by atoms with Gasteiger partial charge in [-0.05, 0) is 31.2 Å². The Bertz CT molecular complexity index is 582. The average molecular weight is 288 g/mol. The molecule has 2 N–H and O–H groups in total. The quantitative estimate of drug-likeness (QED) is 0.909. The van der Waals surface area contributed by atoms with E-state index in [0.29, 0.717) is 6.54 Å². The van der Waals surface area contributed by atoms with Crippen LogP contribution in [-0.2, 0) is 0 Å². The standard InChI is InChI=1S/C14H16N4OS/c1-10(13-8-20-9-16-13)17-11-2-4-12(5-3-11)18-7-6-15-14(18)19/h2-5,8-10,17H,6-7H2,1H3,(H,15,19). The molecule has 1 saturated heterocycles. The van der Waals surface area contributed by atoms with Crippen molar-refractivity contribution in [1.29, 1.82) is 0 Å². The number of carbonyl (C=O) groups is 1. The molecule has 5 nitrogen and oxygen atoms in total. The molecule has 20 heavy (non-hydrogen) atoms. The van der Waals surface area contributed by atoms with E-state index in [2.05, 4.69) is 22.5 Å². The van der Waals surface area contributed by atoms with Crippen molar-refractivity contribution in [3.8, 4) is 0 Å². The second kappa shape index (κ2) is 5.50. The zero-order chi connectivity index (χ0) is 13.9. The molecule has 1 unspecified atom stereocenters. The van der Waals surface area contributed by atoms with Gasteiger partial charge >= 0.3 is 6.03 Å². The Labute approximate surface area is 121 Å². The fourth-order valence-electron chi connectivity index (χ4n) is 2.22. The van der Waals surface area contributed by atoms with Gasteiger partial charge in [-0.25, -0.2) is 9.78 Å². The monoisotopic (exact) mass is 288 g/mol. The van der Waals surface area contributed by atoms with Crippen molar-refractivity contribution in [3.05, 3.63) is 40.8 Å². The van der Waals surface area contributed by atoms with Crippen LogP contribution in [0, 0.1) is 0 Å². The maximum Gasteiger partial charge on any atom is 0.321 e. The highest BCUT2D eigenvalue weighted by atomic mass is 32.1. The minimum absolute atomic E-state index is 0.0263. The largest absolute Gasteiger partial charge is 0.377 e. The molecular formula is C14H16N4OS. The molecular weight excluding hydrogens is 272 g/mol. The van der Waals surface area contributed by atoms with Gasteiger partial charge in [0.05, 0.1) is 17.2 Å². The van der Waals surface area contributed by atoms with E-state index < -0.39 is 0 Å². The van der Waals surface area contributed by atoms with Gasteiger partial charge in [0.1, 0.15) is 0 Å². The van der Waals surface area contributed by atoms with Crippen LogP contribution in [0.15, 0.2) is 35.2 Å². The van der Waals surface area contributed by atoms with Crippen LogP contribution in [0.3, 0.4) is 0 Å². The molecule has 3 rings (SSSR count). The molecule has 2 amide bonds. The lowest BCUT2D eigenvalue weighted by atomic mass is 10.2. The second-order valence-corrected chi connectivity index (χ2v) is 5.43. The summed E-state index contributed by atoms with van der Waals surface area (Å²) in [6.45, 7) is 3.51. The second-order valence-electron chi connectivity index (χ2n) is 4.71. The molecule has 2 heterocycles. The van der Waals surface area contributed by atoms with Crippen molar-refractivity contribution in [3.63, 3.8) is 0 Å². The smallest absolute Gasteiger partial charge is 0.321 e. The van der Waals surface area contributed by atoms with Crippen LogP contribution in [0.2, 0.25) is 0 Å². The molecule has 0 aliphatic carbocycles. The van der Waals surface area contributed by atoms with Crippen LogP contribution in [0.1, 0.15) is 18.7 Å². The van der Waals surface area contributed by atoms with E-state index in [4.69, 9.17) is 0 Å². The molecule has 6 heteroatoms. The highest BCUT2D eigenvalue weighted by Crippen LogP contribution is 2.23. The van der Waals surface area contributed by atoms with Crippen molar-refractivity contribution >= 4 is 28.7 Å². The number of urea groups is 1. The van der Waals surface area contributed by atoms with Crippen molar-refractivity contribution < 1.29 is 4.79 Å². The molecule has 104 valence electrons. The molecule has 0 bridgehead atoms. The fourth-order valence-corrected chi connectivity index (χ4v) is 2.86. The highest BCUT2D eigenvalue weighted by Gasteiger charge is 2.20. The van der Waals surface area contributed by atoms with Gasteiger partial charge in [-0.2, -0.15) is 0 Å². The summed E-state index contributed by atoms with van der Waals surface area (Å²) in [5.41, 5.74) is 4.82. The van der Waals surface area contributed by atoms with E-state index in [1.807, 2.05) is 35.2 Å². The summed E-state index contributed by atoms with van der Waals surface area (Å²) in [6.07, 6.45) is 0. The van der Waals surface area contributed by atoms with Gasteiger partial charge in [0.2, 0.25) is 0 Å². The van der Waals surface area contributed by atoms with Crippen LogP contribution >= 0.6 is 11.3 Å². The maximum absolute atomic E-state index is 11.6. The number of hydrogen-bond acceptors (Lipinski definition) is 4.